The van der Waals surface area contributed by atoms with Crippen molar-refractivity contribution in [2.45, 2.75) is 59.3 Å². The molecule has 0 bridgehead atoms. The van der Waals surface area contributed by atoms with Gasteiger partial charge in [-0.1, -0.05) is 32.6 Å². The van der Waals surface area contributed by atoms with Crippen LogP contribution in [0.25, 0.3) is 0 Å². The number of likely N-dealkylation sites (N-methyl/N-ethyl adjacent to an activating group) is 1. The predicted octanol–water partition coefficient (Wildman–Crippen LogP) is 3.60. The number of anilines is 1. The van der Waals surface area contributed by atoms with E-state index in [4.69, 9.17) is 0 Å². The van der Waals surface area contributed by atoms with E-state index in [2.05, 4.69) is 17.2 Å². The monoisotopic (exact) mass is 325 g/mol. The fourth-order valence-electron chi connectivity index (χ4n) is 2.16. The summed E-state index contributed by atoms with van der Waals surface area (Å²) in [6.45, 7) is 6.61. The van der Waals surface area contributed by atoms with Crippen molar-refractivity contribution < 1.29 is 9.59 Å². The molecule has 0 saturated heterocycles. The molecule has 0 radical (unpaired) electrons. The summed E-state index contributed by atoms with van der Waals surface area (Å²) in [5.74, 6) is -0.125. The summed E-state index contributed by atoms with van der Waals surface area (Å²) in [7, 11) is 0. The molecular formula is C16H27N3O2S. The van der Waals surface area contributed by atoms with Crippen molar-refractivity contribution in [3.63, 3.8) is 0 Å². The molecule has 5 nitrogen and oxygen atoms in total. The van der Waals surface area contributed by atoms with Gasteiger partial charge in [0.1, 0.15) is 0 Å². The van der Waals surface area contributed by atoms with Gasteiger partial charge in [-0.2, -0.15) is 0 Å². The van der Waals surface area contributed by atoms with E-state index in [1.165, 1.54) is 30.6 Å². The first-order chi connectivity index (χ1) is 10.6. The summed E-state index contributed by atoms with van der Waals surface area (Å²) < 4.78 is 0. The summed E-state index contributed by atoms with van der Waals surface area (Å²) in [5, 5.41) is 5.21. The quantitative estimate of drug-likeness (QED) is 0.669. The number of carbonyl (C=O) groups is 2. The Kier molecular flexibility index (Phi) is 8.74. The highest BCUT2D eigenvalue weighted by atomic mass is 32.1. The lowest BCUT2D eigenvalue weighted by molar-refractivity contribution is -0.134. The van der Waals surface area contributed by atoms with Crippen LogP contribution in [-0.4, -0.2) is 34.8 Å². The zero-order valence-corrected chi connectivity index (χ0v) is 14.7. The maximum absolute atomic E-state index is 12.1. The maximum Gasteiger partial charge on any atom is 0.245 e. The standard InChI is InChI=1S/C16H27N3O2S/c1-4-6-7-8-9-10-15(21)19(5-2)11-14(20)18-16-17-13(3)12-22-16/h12H,4-11H2,1-3H3,(H,17,18,20). The number of aromatic nitrogens is 1. The van der Waals surface area contributed by atoms with E-state index in [0.29, 0.717) is 18.1 Å². The van der Waals surface area contributed by atoms with Gasteiger partial charge in [-0.3, -0.25) is 9.59 Å². The average molecular weight is 325 g/mol. The van der Waals surface area contributed by atoms with Gasteiger partial charge in [0.05, 0.1) is 12.2 Å². The van der Waals surface area contributed by atoms with Crippen molar-refractivity contribution in [3.8, 4) is 0 Å². The Balaban J connectivity index is 2.33. The molecule has 0 aliphatic rings. The van der Waals surface area contributed by atoms with Gasteiger partial charge in [0.15, 0.2) is 5.13 Å². The van der Waals surface area contributed by atoms with Crippen LogP contribution in [0.5, 0.6) is 0 Å². The third kappa shape index (κ3) is 7.02. The topological polar surface area (TPSA) is 62.3 Å². The first kappa shape index (κ1) is 18.6. The second kappa shape index (κ2) is 10.3. The maximum atomic E-state index is 12.1. The lowest BCUT2D eigenvalue weighted by atomic mass is 10.1. The molecule has 0 atom stereocenters. The second-order valence-corrected chi connectivity index (χ2v) is 6.27. The Hall–Kier alpha value is -1.43. The number of nitrogens with zero attached hydrogens (tertiary/aromatic N) is 2. The molecule has 1 rings (SSSR count). The zero-order chi connectivity index (χ0) is 16.4. The minimum Gasteiger partial charge on any atom is -0.334 e. The molecule has 1 aromatic rings. The Bertz CT molecular complexity index is 474. The number of thiazole rings is 1. The average Bonchev–Trinajstić information content (AvgIpc) is 2.89. The van der Waals surface area contributed by atoms with Gasteiger partial charge >= 0.3 is 0 Å². The summed E-state index contributed by atoms with van der Waals surface area (Å²) in [5.41, 5.74) is 0.885. The van der Waals surface area contributed by atoms with Crippen molar-refractivity contribution in [1.82, 2.24) is 9.88 Å². The van der Waals surface area contributed by atoms with Gasteiger partial charge in [0, 0.05) is 18.3 Å². The molecule has 0 aliphatic heterocycles. The number of unbranched alkanes of at least 4 members (excludes halogenated alkanes) is 4. The minimum absolute atomic E-state index is 0.0597. The number of carbonyl (C=O) groups excluding carboxylic acids is 2. The molecule has 0 aromatic carbocycles. The third-order valence-electron chi connectivity index (χ3n) is 3.43. The van der Waals surface area contributed by atoms with E-state index in [-0.39, 0.29) is 18.4 Å². The fourth-order valence-corrected chi connectivity index (χ4v) is 2.86. The Labute approximate surface area is 137 Å². The molecule has 0 fully saturated rings. The molecule has 124 valence electrons. The number of nitrogens with one attached hydrogen (secondary N) is 1. The van der Waals surface area contributed by atoms with E-state index in [1.807, 2.05) is 19.2 Å². The number of hydrogen-bond acceptors (Lipinski definition) is 4. The largest absolute Gasteiger partial charge is 0.334 e. The van der Waals surface area contributed by atoms with Crippen LogP contribution >= 0.6 is 11.3 Å². The van der Waals surface area contributed by atoms with Crippen LogP contribution in [0.1, 0.15) is 58.1 Å². The van der Waals surface area contributed by atoms with Crippen LogP contribution in [0, 0.1) is 6.92 Å². The molecule has 1 N–H and O–H groups in total. The van der Waals surface area contributed by atoms with Crippen molar-refractivity contribution >= 4 is 28.3 Å². The van der Waals surface area contributed by atoms with Gasteiger partial charge in [0.2, 0.25) is 11.8 Å². The summed E-state index contributed by atoms with van der Waals surface area (Å²) in [6.07, 6.45) is 6.12. The molecule has 1 heterocycles. The second-order valence-electron chi connectivity index (χ2n) is 5.41. The first-order valence-electron chi connectivity index (χ1n) is 8.06. The number of aryl methyl sites for hydroxylation is 1. The summed E-state index contributed by atoms with van der Waals surface area (Å²) >= 11 is 1.40. The summed E-state index contributed by atoms with van der Waals surface area (Å²) in [6, 6.07) is 0. The van der Waals surface area contributed by atoms with Crippen LogP contribution in [0.4, 0.5) is 5.13 Å². The lowest BCUT2D eigenvalue weighted by Gasteiger charge is -2.20. The number of amides is 2. The molecule has 0 spiro atoms. The van der Waals surface area contributed by atoms with E-state index in [1.54, 1.807) is 4.90 Å². The van der Waals surface area contributed by atoms with Gasteiger partial charge in [-0.15, -0.1) is 11.3 Å². The highest BCUT2D eigenvalue weighted by Crippen LogP contribution is 2.14. The molecule has 6 heteroatoms. The lowest BCUT2D eigenvalue weighted by Crippen LogP contribution is -2.37. The van der Waals surface area contributed by atoms with Crippen LogP contribution in [0.3, 0.4) is 0 Å². The van der Waals surface area contributed by atoms with Crippen molar-refractivity contribution in [2.75, 3.05) is 18.4 Å². The van der Waals surface area contributed by atoms with E-state index in [9.17, 15) is 9.59 Å². The molecule has 0 saturated carbocycles. The number of rotatable bonds is 10. The zero-order valence-electron chi connectivity index (χ0n) is 13.9. The molecular weight excluding hydrogens is 298 g/mol. The van der Waals surface area contributed by atoms with Crippen LogP contribution in [0.15, 0.2) is 5.38 Å². The van der Waals surface area contributed by atoms with E-state index >= 15 is 0 Å². The number of hydrogen-bond donors (Lipinski definition) is 1. The van der Waals surface area contributed by atoms with Gasteiger partial charge < -0.3 is 10.2 Å². The molecule has 2 amide bonds. The smallest absolute Gasteiger partial charge is 0.245 e. The Morgan fingerprint density at radius 3 is 2.55 bits per heavy atom. The van der Waals surface area contributed by atoms with Crippen molar-refractivity contribution in [2.24, 2.45) is 0 Å². The van der Waals surface area contributed by atoms with Crippen LogP contribution in [0.2, 0.25) is 0 Å². The van der Waals surface area contributed by atoms with Gasteiger partial charge in [0.25, 0.3) is 0 Å². The van der Waals surface area contributed by atoms with Crippen molar-refractivity contribution in [3.05, 3.63) is 11.1 Å². The molecule has 1 aromatic heterocycles. The summed E-state index contributed by atoms with van der Waals surface area (Å²) in [4.78, 5) is 29.9. The molecule has 0 unspecified atom stereocenters. The predicted molar refractivity (Wildman–Crippen MR) is 91.1 cm³/mol. The SMILES string of the molecule is CCCCCCCC(=O)N(CC)CC(=O)Nc1nc(C)cs1. The first-order valence-corrected chi connectivity index (χ1v) is 8.94. The molecule has 0 aliphatic carbocycles. The van der Waals surface area contributed by atoms with Crippen molar-refractivity contribution in [1.29, 1.82) is 0 Å². The minimum atomic E-state index is -0.185. The highest BCUT2D eigenvalue weighted by molar-refractivity contribution is 7.13. The fraction of sp³-hybridized carbons (Fsp3) is 0.688. The Morgan fingerprint density at radius 2 is 1.95 bits per heavy atom. The third-order valence-corrected chi connectivity index (χ3v) is 4.30. The van der Waals surface area contributed by atoms with Gasteiger partial charge in [-0.05, 0) is 20.3 Å². The van der Waals surface area contributed by atoms with Crippen LogP contribution < -0.4 is 5.32 Å². The van der Waals surface area contributed by atoms with Gasteiger partial charge in [-0.25, -0.2) is 4.98 Å². The Morgan fingerprint density at radius 1 is 1.23 bits per heavy atom. The highest BCUT2D eigenvalue weighted by Gasteiger charge is 2.15. The normalized spacial score (nSPS) is 10.5. The van der Waals surface area contributed by atoms with E-state index in [0.717, 1.165) is 18.5 Å². The van der Waals surface area contributed by atoms with E-state index < -0.39 is 0 Å². The van der Waals surface area contributed by atoms with Crippen LogP contribution in [-0.2, 0) is 9.59 Å². The molecule has 22 heavy (non-hydrogen) atoms.